The Kier molecular flexibility index (Phi) is 6.09. The van der Waals surface area contributed by atoms with Crippen molar-refractivity contribution < 1.29 is 5.11 Å². The van der Waals surface area contributed by atoms with Crippen LogP contribution in [-0.2, 0) is 0 Å². The van der Waals surface area contributed by atoms with E-state index in [-0.39, 0.29) is 0 Å². The van der Waals surface area contributed by atoms with Gasteiger partial charge in [0.2, 0.25) is 5.95 Å². The third-order valence-electron chi connectivity index (χ3n) is 4.28. The molecule has 1 saturated heterocycles. The Morgan fingerprint density at radius 2 is 1.96 bits per heavy atom. The summed E-state index contributed by atoms with van der Waals surface area (Å²) >= 11 is 0. The number of pyridine rings is 1. The summed E-state index contributed by atoms with van der Waals surface area (Å²) in [5.74, 6) is 0.534. The van der Waals surface area contributed by atoms with Crippen molar-refractivity contribution in [1.29, 1.82) is 0 Å². The van der Waals surface area contributed by atoms with Crippen molar-refractivity contribution >= 4 is 5.95 Å². The van der Waals surface area contributed by atoms with E-state index in [1.165, 1.54) is 25.7 Å². The molecule has 1 aliphatic rings. The Labute approximate surface area is 143 Å². The van der Waals surface area contributed by atoms with Crippen LogP contribution in [0.2, 0.25) is 0 Å². The number of aromatic nitrogens is 3. The Morgan fingerprint density at radius 3 is 2.71 bits per heavy atom. The molecule has 0 radical (unpaired) electrons. The van der Waals surface area contributed by atoms with E-state index >= 15 is 0 Å². The number of aliphatic hydroxyl groups is 1. The summed E-state index contributed by atoms with van der Waals surface area (Å²) in [6.07, 6.45) is 9.89. The van der Waals surface area contributed by atoms with E-state index in [1.54, 1.807) is 18.6 Å². The summed E-state index contributed by atoms with van der Waals surface area (Å²) in [6, 6.07) is 5.71. The molecule has 0 amide bonds. The molecule has 0 bridgehead atoms. The molecule has 128 valence electrons. The first-order valence-electron chi connectivity index (χ1n) is 8.69. The van der Waals surface area contributed by atoms with Gasteiger partial charge in [-0.1, -0.05) is 12.8 Å². The Balaban J connectivity index is 1.52. The SMILES string of the molecule is OC(CNc1nccc(-c2cccnc2)n1)CN1CCCCCC1. The number of hydrogen-bond donors (Lipinski definition) is 2. The molecule has 24 heavy (non-hydrogen) atoms. The van der Waals surface area contributed by atoms with Gasteiger partial charge in [-0.15, -0.1) is 0 Å². The minimum absolute atomic E-state index is 0.422. The number of hydrogen-bond acceptors (Lipinski definition) is 6. The monoisotopic (exact) mass is 327 g/mol. The van der Waals surface area contributed by atoms with E-state index in [4.69, 9.17) is 0 Å². The van der Waals surface area contributed by atoms with Crippen molar-refractivity contribution in [2.45, 2.75) is 31.8 Å². The van der Waals surface area contributed by atoms with Gasteiger partial charge in [-0.3, -0.25) is 4.98 Å². The van der Waals surface area contributed by atoms with Crippen LogP contribution in [0.1, 0.15) is 25.7 Å². The lowest BCUT2D eigenvalue weighted by molar-refractivity contribution is 0.124. The molecule has 2 aromatic heterocycles. The summed E-state index contributed by atoms with van der Waals surface area (Å²) in [7, 11) is 0. The first-order valence-corrected chi connectivity index (χ1v) is 8.69. The van der Waals surface area contributed by atoms with Crippen LogP contribution in [-0.4, -0.2) is 57.2 Å². The molecule has 1 unspecified atom stereocenters. The lowest BCUT2D eigenvalue weighted by Gasteiger charge is -2.23. The van der Waals surface area contributed by atoms with Gasteiger partial charge in [0.15, 0.2) is 0 Å². The van der Waals surface area contributed by atoms with Crippen LogP contribution in [0.15, 0.2) is 36.8 Å². The molecule has 0 spiro atoms. The molecule has 0 aliphatic carbocycles. The fraction of sp³-hybridized carbons (Fsp3) is 0.500. The van der Waals surface area contributed by atoms with E-state index in [1.807, 2.05) is 18.2 Å². The normalized spacial score (nSPS) is 17.2. The number of anilines is 1. The van der Waals surface area contributed by atoms with Crippen molar-refractivity contribution in [2.24, 2.45) is 0 Å². The highest BCUT2D eigenvalue weighted by molar-refractivity contribution is 5.58. The summed E-state index contributed by atoms with van der Waals surface area (Å²) in [6.45, 7) is 3.33. The van der Waals surface area contributed by atoms with Crippen LogP contribution in [0.4, 0.5) is 5.95 Å². The maximum absolute atomic E-state index is 10.3. The van der Waals surface area contributed by atoms with Crippen LogP contribution in [0, 0.1) is 0 Å². The number of rotatable bonds is 6. The first kappa shape index (κ1) is 16.8. The quantitative estimate of drug-likeness (QED) is 0.847. The average molecular weight is 327 g/mol. The Bertz CT molecular complexity index is 614. The molecule has 6 nitrogen and oxygen atoms in total. The van der Waals surface area contributed by atoms with E-state index in [2.05, 4.69) is 25.2 Å². The van der Waals surface area contributed by atoms with E-state index < -0.39 is 6.10 Å². The Morgan fingerprint density at radius 1 is 1.12 bits per heavy atom. The molecule has 1 fully saturated rings. The van der Waals surface area contributed by atoms with Crippen LogP contribution in [0.25, 0.3) is 11.3 Å². The highest BCUT2D eigenvalue weighted by atomic mass is 16.3. The van der Waals surface area contributed by atoms with Crippen LogP contribution in [0.5, 0.6) is 0 Å². The summed E-state index contributed by atoms with van der Waals surface area (Å²) < 4.78 is 0. The second kappa shape index (κ2) is 8.70. The topological polar surface area (TPSA) is 74.2 Å². The molecule has 6 heteroatoms. The van der Waals surface area contributed by atoms with Crippen LogP contribution in [0.3, 0.4) is 0 Å². The fourth-order valence-corrected chi connectivity index (χ4v) is 3.01. The summed E-state index contributed by atoms with van der Waals surface area (Å²) in [4.78, 5) is 15.2. The van der Waals surface area contributed by atoms with Crippen LogP contribution < -0.4 is 5.32 Å². The zero-order valence-electron chi connectivity index (χ0n) is 13.9. The summed E-state index contributed by atoms with van der Waals surface area (Å²) in [5.41, 5.74) is 1.77. The predicted molar refractivity (Wildman–Crippen MR) is 94.7 cm³/mol. The summed E-state index contributed by atoms with van der Waals surface area (Å²) in [5, 5.41) is 13.4. The number of likely N-dealkylation sites (tertiary alicyclic amines) is 1. The van der Waals surface area contributed by atoms with Gasteiger partial charge in [0.25, 0.3) is 0 Å². The molecular formula is C18H25N5O. The standard InChI is InChI=1S/C18H25N5O/c24-16(14-23-10-3-1-2-4-11-23)13-21-18-20-9-7-17(22-18)15-6-5-8-19-12-15/h5-9,12,16,24H,1-4,10-11,13-14H2,(H,20,21,22). The van der Waals surface area contributed by atoms with Crippen molar-refractivity contribution in [3.05, 3.63) is 36.8 Å². The Hall–Kier alpha value is -2.05. The maximum atomic E-state index is 10.3. The van der Waals surface area contributed by atoms with Gasteiger partial charge in [-0.25, -0.2) is 9.97 Å². The van der Waals surface area contributed by atoms with Gasteiger partial charge >= 0.3 is 0 Å². The van der Waals surface area contributed by atoms with E-state index in [9.17, 15) is 5.11 Å². The van der Waals surface area contributed by atoms with Gasteiger partial charge in [-0.05, 0) is 44.1 Å². The van der Waals surface area contributed by atoms with Crippen molar-refractivity contribution in [1.82, 2.24) is 19.9 Å². The van der Waals surface area contributed by atoms with Gasteiger partial charge in [-0.2, -0.15) is 0 Å². The number of aliphatic hydroxyl groups excluding tert-OH is 1. The zero-order chi connectivity index (χ0) is 16.6. The van der Waals surface area contributed by atoms with Gasteiger partial charge in [0.05, 0.1) is 11.8 Å². The first-order chi connectivity index (χ1) is 11.8. The highest BCUT2D eigenvalue weighted by Crippen LogP contribution is 2.16. The predicted octanol–water partition coefficient (Wildman–Crippen LogP) is 2.19. The molecule has 0 saturated carbocycles. The van der Waals surface area contributed by atoms with E-state index in [0.29, 0.717) is 19.0 Å². The molecule has 1 atom stereocenters. The zero-order valence-corrected chi connectivity index (χ0v) is 13.9. The molecule has 1 aliphatic heterocycles. The minimum atomic E-state index is -0.422. The number of nitrogens with zero attached hydrogens (tertiary/aromatic N) is 4. The van der Waals surface area contributed by atoms with Gasteiger partial charge in [0.1, 0.15) is 0 Å². The van der Waals surface area contributed by atoms with E-state index in [0.717, 1.165) is 24.3 Å². The van der Waals surface area contributed by atoms with Gasteiger partial charge < -0.3 is 15.3 Å². The molecular weight excluding hydrogens is 302 g/mol. The second-order valence-electron chi connectivity index (χ2n) is 6.26. The molecule has 3 rings (SSSR count). The average Bonchev–Trinajstić information content (AvgIpc) is 2.90. The smallest absolute Gasteiger partial charge is 0.223 e. The second-order valence-corrected chi connectivity index (χ2v) is 6.26. The number of β-amino-alcohol motifs (C(OH)–C–C–N with tert-alkyl or cyclic N) is 1. The maximum Gasteiger partial charge on any atom is 0.223 e. The lowest BCUT2D eigenvalue weighted by atomic mass is 10.2. The molecule has 2 aromatic rings. The molecule has 0 aromatic carbocycles. The highest BCUT2D eigenvalue weighted by Gasteiger charge is 2.14. The van der Waals surface area contributed by atoms with Crippen LogP contribution >= 0.6 is 0 Å². The fourth-order valence-electron chi connectivity index (χ4n) is 3.01. The van der Waals surface area contributed by atoms with Crippen molar-refractivity contribution in [3.63, 3.8) is 0 Å². The molecule has 3 heterocycles. The third-order valence-corrected chi connectivity index (χ3v) is 4.28. The minimum Gasteiger partial charge on any atom is -0.390 e. The van der Waals surface area contributed by atoms with Crippen molar-refractivity contribution in [3.8, 4) is 11.3 Å². The largest absolute Gasteiger partial charge is 0.390 e. The third kappa shape index (κ3) is 4.97. The van der Waals surface area contributed by atoms with Crippen molar-refractivity contribution in [2.75, 3.05) is 31.5 Å². The lowest BCUT2D eigenvalue weighted by Crippen LogP contribution is -2.36. The van der Waals surface area contributed by atoms with Gasteiger partial charge in [0, 0.05) is 37.2 Å². The number of nitrogens with one attached hydrogen (secondary N) is 1. The molecule has 2 N–H and O–H groups in total.